The van der Waals surface area contributed by atoms with Crippen LogP contribution in [0.4, 0.5) is 0 Å². The molecule has 1 aliphatic heterocycles. The zero-order valence-electron chi connectivity index (χ0n) is 18.3. The van der Waals surface area contributed by atoms with Gasteiger partial charge >= 0.3 is 0 Å². The second-order valence-corrected chi connectivity index (χ2v) is 8.37. The van der Waals surface area contributed by atoms with Crippen molar-refractivity contribution >= 4 is 16.6 Å². The molecule has 0 aliphatic carbocycles. The number of hydrogen-bond donors (Lipinski definition) is 1. The van der Waals surface area contributed by atoms with Crippen LogP contribution in [0.25, 0.3) is 27.9 Å². The zero-order chi connectivity index (χ0) is 21.8. The third kappa shape index (κ3) is 4.41. The number of hydrogen-bond acceptors (Lipinski definition) is 4. The van der Waals surface area contributed by atoms with Crippen LogP contribution in [0.3, 0.4) is 0 Å². The molecule has 0 radical (unpaired) electrons. The second-order valence-electron chi connectivity index (χ2n) is 8.37. The minimum absolute atomic E-state index is 0.899. The van der Waals surface area contributed by atoms with Gasteiger partial charge in [-0.3, -0.25) is 9.88 Å². The van der Waals surface area contributed by atoms with E-state index in [9.17, 15) is 0 Å². The molecule has 0 unspecified atom stereocenters. The van der Waals surface area contributed by atoms with E-state index in [4.69, 9.17) is 4.98 Å². The molecule has 0 bridgehead atoms. The van der Waals surface area contributed by atoms with Gasteiger partial charge in [0.05, 0.1) is 11.2 Å². The van der Waals surface area contributed by atoms with Crippen molar-refractivity contribution in [1.29, 1.82) is 0 Å². The Kier molecular flexibility index (Phi) is 5.95. The summed E-state index contributed by atoms with van der Waals surface area (Å²) in [5.41, 5.74) is 7.92. The van der Waals surface area contributed by atoms with Gasteiger partial charge in [0, 0.05) is 60.8 Å². The van der Waals surface area contributed by atoms with Gasteiger partial charge in [0.25, 0.3) is 0 Å². The van der Waals surface area contributed by atoms with Crippen molar-refractivity contribution in [3.8, 4) is 11.3 Å². The van der Waals surface area contributed by atoms with Gasteiger partial charge in [0.1, 0.15) is 0 Å². The number of pyridine rings is 2. The number of nitrogens with one attached hydrogen (secondary N) is 1. The highest BCUT2D eigenvalue weighted by Crippen LogP contribution is 2.27. The van der Waals surface area contributed by atoms with Gasteiger partial charge in [-0.25, -0.2) is 4.98 Å². The smallest absolute Gasteiger partial charge is 0.0731 e. The Morgan fingerprint density at radius 3 is 2.72 bits per heavy atom. The van der Waals surface area contributed by atoms with Crippen LogP contribution in [0.1, 0.15) is 23.1 Å². The standard InChI is InChI=1S/C28H28N4/c1-21(30-15-7-16-32-17-13-22-8-2-3-9-24(22)20-32)26-18-28(23-10-6-14-29-19-23)31-27-12-5-4-11-25(26)27/h2-6,8-12,14,18-19,30H,1,7,13,15-17,20H2. The average Bonchev–Trinajstić information content (AvgIpc) is 2.86. The minimum atomic E-state index is 0.899. The van der Waals surface area contributed by atoms with Crippen molar-refractivity contribution in [2.45, 2.75) is 19.4 Å². The lowest BCUT2D eigenvalue weighted by molar-refractivity contribution is 0.251. The van der Waals surface area contributed by atoms with Gasteiger partial charge in [0.15, 0.2) is 0 Å². The first-order chi connectivity index (χ1) is 15.8. The first kappa shape index (κ1) is 20.4. The van der Waals surface area contributed by atoms with Crippen molar-refractivity contribution in [3.63, 3.8) is 0 Å². The number of para-hydroxylation sites is 1. The molecule has 32 heavy (non-hydrogen) atoms. The van der Waals surface area contributed by atoms with Gasteiger partial charge < -0.3 is 5.32 Å². The van der Waals surface area contributed by atoms with Gasteiger partial charge in [-0.2, -0.15) is 0 Å². The molecule has 1 aliphatic rings. The molecule has 1 N–H and O–H groups in total. The third-order valence-corrected chi connectivity index (χ3v) is 6.20. The van der Waals surface area contributed by atoms with Crippen LogP contribution in [-0.2, 0) is 13.0 Å². The topological polar surface area (TPSA) is 41.0 Å². The van der Waals surface area contributed by atoms with Crippen molar-refractivity contribution < 1.29 is 0 Å². The van der Waals surface area contributed by atoms with Crippen LogP contribution >= 0.6 is 0 Å². The molecule has 4 heteroatoms. The molecule has 0 saturated heterocycles. The Hall–Kier alpha value is -3.50. The van der Waals surface area contributed by atoms with Crippen LogP contribution in [0.5, 0.6) is 0 Å². The molecule has 2 aromatic carbocycles. The van der Waals surface area contributed by atoms with Crippen LogP contribution in [0.2, 0.25) is 0 Å². The average molecular weight is 421 g/mol. The van der Waals surface area contributed by atoms with Crippen molar-refractivity contribution in [3.05, 3.63) is 102 Å². The van der Waals surface area contributed by atoms with Crippen LogP contribution in [0.15, 0.2) is 85.7 Å². The number of aromatic nitrogens is 2. The first-order valence-electron chi connectivity index (χ1n) is 11.3. The Morgan fingerprint density at radius 1 is 1.00 bits per heavy atom. The van der Waals surface area contributed by atoms with E-state index in [0.29, 0.717) is 0 Å². The van der Waals surface area contributed by atoms with E-state index < -0.39 is 0 Å². The van der Waals surface area contributed by atoms with E-state index in [-0.39, 0.29) is 0 Å². The first-order valence-corrected chi connectivity index (χ1v) is 11.3. The quantitative estimate of drug-likeness (QED) is 0.412. The number of rotatable bonds is 7. The lowest BCUT2D eigenvalue weighted by Crippen LogP contribution is -2.32. The van der Waals surface area contributed by atoms with Crippen LogP contribution in [0, 0.1) is 0 Å². The molecular formula is C28H28N4. The van der Waals surface area contributed by atoms with Crippen molar-refractivity contribution in [2.75, 3.05) is 19.6 Å². The van der Waals surface area contributed by atoms with E-state index in [0.717, 1.165) is 72.4 Å². The van der Waals surface area contributed by atoms with Gasteiger partial charge in [-0.15, -0.1) is 0 Å². The second kappa shape index (κ2) is 9.33. The summed E-state index contributed by atoms with van der Waals surface area (Å²) in [5, 5.41) is 4.68. The highest BCUT2D eigenvalue weighted by atomic mass is 15.1. The highest BCUT2D eigenvalue weighted by Gasteiger charge is 2.15. The SMILES string of the molecule is C=C(NCCCN1CCc2ccccc2C1)c1cc(-c2cccnc2)nc2ccccc12. The van der Waals surface area contributed by atoms with Gasteiger partial charge in [-0.05, 0) is 48.2 Å². The molecule has 0 fully saturated rings. The zero-order valence-corrected chi connectivity index (χ0v) is 18.3. The fourth-order valence-electron chi connectivity index (χ4n) is 4.47. The highest BCUT2D eigenvalue weighted by molar-refractivity contribution is 5.93. The predicted octanol–water partition coefficient (Wildman–Crippen LogP) is 5.31. The molecule has 0 saturated carbocycles. The number of fused-ring (bicyclic) bond motifs is 2. The Morgan fingerprint density at radius 2 is 1.84 bits per heavy atom. The molecule has 4 aromatic rings. The molecule has 0 atom stereocenters. The molecule has 5 rings (SSSR count). The molecule has 4 nitrogen and oxygen atoms in total. The Balaban J connectivity index is 1.25. The molecular weight excluding hydrogens is 392 g/mol. The van der Waals surface area contributed by atoms with E-state index in [1.54, 1.807) is 6.20 Å². The van der Waals surface area contributed by atoms with E-state index in [2.05, 4.69) is 70.3 Å². The molecule has 0 spiro atoms. The minimum Gasteiger partial charge on any atom is -0.385 e. The summed E-state index contributed by atoms with van der Waals surface area (Å²) in [6.45, 7) is 8.54. The summed E-state index contributed by atoms with van der Waals surface area (Å²) in [6.07, 6.45) is 5.87. The Bertz CT molecular complexity index is 1230. The summed E-state index contributed by atoms with van der Waals surface area (Å²) in [4.78, 5) is 11.7. The maximum atomic E-state index is 4.85. The lowest BCUT2D eigenvalue weighted by atomic mass is 10.00. The van der Waals surface area contributed by atoms with E-state index in [1.165, 1.54) is 11.1 Å². The number of benzene rings is 2. The van der Waals surface area contributed by atoms with E-state index >= 15 is 0 Å². The van der Waals surface area contributed by atoms with Crippen molar-refractivity contribution in [2.24, 2.45) is 0 Å². The van der Waals surface area contributed by atoms with Crippen molar-refractivity contribution in [1.82, 2.24) is 20.2 Å². The van der Waals surface area contributed by atoms with E-state index in [1.807, 2.05) is 24.4 Å². The lowest BCUT2D eigenvalue weighted by Gasteiger charge is -2.28. The fourth-order valence-corrected chi connectivity index (χ4v) is 4.47. The number of nitrogens with zero attached hydrogens (tertiary/aromatic N) is 3. The Labute approximate surface area is 189 Å². The summed E-state index contributed by atoms with van der Waals surface area (Å²) in [5.74, 6) is 0. The summed E-state index contributed by atoms with van der Waals surface area (Å²) in [7, 11) is 0. The molecule has 2 aromatic heterocycles. The summed E-state index contributed by atoms with van der Waals surface area (Å²) in [6, 6.07) is 23.2. The summed E-state index contributed by atoms with van der Waals surface area (Å²) < 4.78 is 0. The van der Waals surface area contributed by atoms with Crippen LogP contribution in [-0.4, -0.2) is 34.5 Å². The largest absolute Gasteiger partial charge is 0.385 e. The summed E-state index contributed by atoms with van der Waals surface area (Å²) >= 11 is 0. The van der Waals surface area contributed by atoms with Gasteiger partial charge in [-0.1, -0.05) is 49.0 Å². The molecule has 3 heterocycles. The maximum absolute atomic E-state index is 4.85. The predicted molar refractivity (Wildman–Crippen MR) is 132 cm³/mol. The van der Waals surface area contributed by atoms with Crippen LogP contribution < -0.4 is 5.32 Å². The monoisotopic (exact) mass is 420 g/mol. The maximum Gasteiger partial charge on any atom is 0.0731 e. The molecule has 0 amide bonds. The fraction of sp³-hybridized carbons (Fsp3) is 0.214. The molecule has 160 valence electrons. The van der Waals surface area contributed by atoms with Gasteiger partial charge in [0.2, 0.25) is 0 Å². The normalized spacial score (nSPS) is 13.6. The third-order valence-electron chi connectivity index (χ3n) is 6.20.